The highest BCUT2D eigenvalue weighted by atomic mass is 127. The van der Waals surface area contributed by atoms with E-state index >= 15 is 0 Å². The maximum Gasteiger partial charge on any atom is 0.270 e. The van der Waals surface area contributed by atoms with Gasteiger partial charge in [-0.1, -0.05) is 17.7 Å². The van der Waals surface area contributed by atoms with Crippen LogP contribution in [0.4, 0.5) is 0 Å². The molecule has 2 aromatic carbocycles. The smallest absolute Gasteiger partial charge is 0.270 e. The summed E-state index contributed by atoms with van der Waals surface area (Å²) in [6.45, 7) is 2.05. The fourth-order valence-electron chi connectivity index (χ4n) is 3.04. The molecular weight excluding hydrogens is 413 g/mol. The monoisotopic (exact) mass is 431 g/mol. The van der Waals surface area contributed by atoms with Gasteiger partial charge in [-0.25, -0.2) is 4.68 Å². The lowest BCUT2D eigenvalue weighted by Crippen LogP contribution is -2.21. The number of aromatic nitrogens is 2. The van der Waals surface area contributed by atoms with Gasteiger partial charge in [-0.2, -0.15) is 5.10 Å². The Hall–Kier alpha value is -1.89. The van der Waals surface area contributed by atoms with Crippen LogP contribution in [0.3, 0.4) is 0 Å². The number of hydrogen-bond acceptors (Lipinski definition) is 2. The summed E-state index contributed by atoms with van der Waals surface area (Å²) >= 11 is 2.38. The molecule has 0 aliphatic heterocycles. The maximum absolute atomic E-state index is 12.6. The second-order valence-corrected chi connectivity index (χ2v) is 7.50. The van der Waals surface area contributed by atoms with Gasteiger partial charge in [-0.05, 0) is 78.1 Å². The second kappa shape index (κ2) is 5.88. The molecule has 1 aliphatic carbocycles. The van der Waals surface area contributed by atoms with Crippen molar-refractivity contribution in [1.82, 2.24) is 15.1 Å². The highest BCUT2D eigenvalue weighted by molar-refractivity contribution is 14.1. The minimum Gasteiger partial charge on any atom is -0.354 e. The van der Waals surface area contributed by atoms with Crippen molar-refractivity contribution < 1.29 is 4.79 Å². The van der Waals surface area contributed by atoms with Gasteiger partial charge in [0.15, 0.2) is 0 Å². The van der Waals surface area contributed by atoms with Crippen molar-refractivity contribution in [3.63, 3.8) is 0 Å². The van der Waals surface area contributed by atoms with E-state index in [1.54, 1.807) is 11.7 Å². The van der Waals surface area contributed by atoms with Gasteiger partial charge in [-0.15, -0.1) is 0 Å². The van der Waals surface area contributed by atoms with E-state index in [2.05, 4.69) is 40.0 Å². The predicted octanol–water partition coefficient (Wildman–Crippen LogP) is 4.18. The second-order valence-electron chi connectivity index (χ2n) is 6.34. The summed E-state index contributed by atoms with van der Waals surface area (Å²) in [5, 5.41) is 8.40. The van der Waals surface area contributed by atoms with Crippen LogP contribution in [0, 0.1) is 10.5 Å². The van der Waals surface area contributed by atoms with E-state index in [0.717, 1.165) is 16.6 Å². The van der Waals surface area contributed by atoms with Crippen molar-refractivity contribution in [2.45, 2.75) is 25.7 Å². The number of nitrogens with one attached hydrogen (secondary N) is 1. The van der Waals surface area contributed by atoms with E-state index in [9.17, 15) is 4.79 Å². The Morgan fingerprint density at radius 2 is 1.96 bits per heavy atom. The standard InChI is InChI=1S/C19H18IN3O/c1-11-3-7-13(8-4-11)23-18(19(24)21-2)15-9-14(12-5-6-12)16(20)10-17(15)22-23/h3-4,7-10,12H,5-6H2,1-2H3,(H,21,24). The van der Waals surface area contributed by atoms with Crippen LogP contribution < -0.4 is 5.32 Å². The fraction of sp³-hybridized carbons (Fsp3) is 0.263. The summed E-state index contributed by atoms with van der Waals surface area (Å²) in [6, 6.07) is 12.3. The largest absolute Gasteiger partial charge is 0.354 e. The Labute approximate surface area is 154 Å². The topological polar surface area (TPSA) is 46.9 Å². The molecule has 1 fully saturated rings. The van der Waals surface area contributed by atoms with Gasteiger partial charge in [-0.3, -0.25) is 4.79 Å². The highest BCUT2D eigenvalue weighted by Gasteiger charge is 2.28. The number of carbonyl (C=O) groups excluding carboxylic acids is 1. The number of nitrogens with zero attached hydrogens (tertiary/aromatic N) is 2. The number of amides is 1. The normalized spacial score (nSPS) is 14.1. The highest BCUT2D eigenvalue weighted by Crippen LogP contribution is 2.43. The first-order chi connectivity index (χ1) is 11.6. The first-order valence-electron chi connectivity index (χ1n) is 8.10. The van der Waals surface area contributed by atoms with E-state index in [-0.39, 0.29) is 5.91 Å². The Bertz CT molecular complexity index is 939. The van der Waals surface area contributed by atoms with Crippen molar-refractivity contribution in [3.05, 3.63) is 56.8 Å². The van der Waals surface area contributed by atoms with Gasteiger partial charge in [0.25, 0.3) is 5.91 Å². The van der Waals surface area contributed by atoms with Crippen LogP contribution >= 0.6 is 22.6 Å². The lowest BCUT2D eigenvalue weighted by molar-refractivity contribution is 0.0957. The fourth-order valence-corrected chi connectivity index (χ4v) is 3.93. The molecule has 1 amide bonds. The Morgan fingerprint density at radius 1 is 1.25 bits per heavy atom. The molecule has 1 aliphatic rings. The average molecular weight is 431 g/mol. The third kappa shape index (κ3) is 2.60. The lowest BCUT2D eigenvalue weighted by Gasteiger charge is -2.07. The number of rotatable bonds is 3. The van der Waals surface area contributed by atoms with Crippen LogP contribution in [-0.2, 0) is 0 Å². The molecule has 0 bridgehead atoms. The minimum absolute atomic E-state index is 0.110. The summed E-state index contributed by atoms with van der Waals surface area (Å²) in [5.74, 6) is 0.530. The van der Waals surface area contributed by atoms with E-state index in [1.807, 2.05) is 31.2 Å². The molecule has 122 valence electrons. The van der Waals surface area contributed by atoms with Gasteiger partial charge in [0.1, 0.15) is 5.69 Å². The van der Waals surface area contributed by atoms with Crippen LogP contribution in [0.5, 0.6) is 0 Å². The van der Waals surface area contributed by atoms with Crippen molar-refractivity contribution in [2.75, 3.05) is 7.05 Å². The minimum atomic E-state index is -0.110. The van der Waals surface area contributed by atoms with E-state index in [1.165, 1.54) is 27.5 Å². The molecule has 5 heteroatoms. The van der Waals surface area contributed by atoms with Gasteiger partial charge in [0.05, 0.1) is 11.2 Å². The zero-order chi connectivity index (χ0) is 16.8. The third-order valence-corrected chi connectivity index (χ3v) is 5.46. The number of fused-ring (bicyclic) bond motifs is 1. The molecule has 0 spiro atoms. The zero-order valence-corrected chi connectivity index (χ0v) is 15.8. The molecule has 1 heterocycles. The first-order valence-corrected chi connectivity index (χ1v) is 9.17. The molecule has 4 nitrogen and oxygen atoms in total. The molecule has 1 aromatic heterocycles. The molecule has 0 unspecified atom stereocenters. The van der Waals surface area contributed by atoms with Gasteiger partial charge in [0.2, 0.25) is 0 Å². The third-order valence-electron chi connectivity index (χ3n) is 4.53. The Balaban J connectivity index is 1.98. The van der Waals surface area contributed by atoms with Gasteiger partial charge >= 0.3 is 0 Å². The number of benzene rings is 2. The van der Waals surface area contributed by atoms with Crippen LogP contribution in [0.15, 0.2) is 36.4 Å². The first kappa shape index (κ1) is 15.6. The van der Waals surface area contributed by atoms with E-state index in [4.69, 9.17) is 5.10 Å². The van der Waals surface area contributed by atoms with Gasteiger partial charge in [0, 0.05) is 16.0 Å². The molecule has 0 saturated heterocycles. The van der Waals surface area contributed by atoms with E-state index in [0.29, 0.717) is 11.6 Å². The summed E-state index contributed by atoms with van der Waals surface area (Å²) in [6.07, 6.45) is 2.48. The average Bonchev–Trinajstić information content (AvgIpc) is 3.35. The molecule has 3 aromatic rings. The zero-order valence-electron chi connectivity index (χ0n) is 13.6. The van der Waals surface area contributed by atoms with Crippen molar-refractivity contribution in [2.24, 2.45) is 0 Å². The Morgan fingerprint density at radius 3 is 2.58 bits per heavy atom. The number of carbonyl (C=O) groups is 1. The summed E-state index contributed by atoms with van der Waals surface area (Å²) in [5.41, 5.74) is 4.90. The van der Waals surface area contributed by atoms with Crippen molar-refractivity contribution >= 4 is 39.4 Å². The summed E-state index contributed by atoms with van der Waals surface area (Å²) in [4.78, 5) is 12.6. The van der Waals surface area contributed by atoms with Crippen molar-refractivity contribution in [1.29, 1.82) is 0 Å². The Kier molecular flexibility index (Phi) is 3.83. The molecule has 4 rings (SSSR count). The van der Waals surface area contributed by atoms with E-state index < -0.39 is 0 Å². The predicted molar refractivity (Wildman–Crippen MR) is 104 cm³/mol. The maximum atomic E-state index is 12.6. The lowest BCUT2D eigenvalue weighted by atomic mass is 10.1. The van der Waals surface area contributed by atoms with Gasteiger partial charge < -0.3 is 5.32 Å². The summed E-state index contributed by atoms with van der Waals surface area (Å²) in [7, 11) is 1.66. The molecule has 1 N–H and O–H groups in total. The van der Waals surface area contributed by atoms with Crippen LogP contribution in [0.25, 0.3) is 16.6 Å². The number of aryl methyl sites for hydroxylation is 1. The molecular formula is C19H18IN3O. The van der Waals surface area contributed by atoms with Crippen molar-refractivity contribution in [3.8, 4) is 5.69 Å². The molecule has 24 heavy (non-hydrogen) atoms. The quantitative estimate of drug-likeness (QED) is 0.633. The molecule has 1 saturated carbocycles. The SMILES string of the molecule is CNC(=O)c1c2cc(C3CC3)c(I)cc2nn1-c1ccc(C)cc1. The number of halogens is 1. The van der Waals surface area contributed by atoms with Crippen LogP contribution in [0.1, 0.15) is 40.4 Å². The number of hydrogen-bond donors (Lipinski definition) is 1. The summed E-state index contributed by atoms with van der Waals surface area (Å²) < 4.78 is 3.00. The van der Waals surface area contributed by atoms with Crippen LogP contribution in [-0.4, -0.2) is 22.7 Å². The van der Waals surface area contributed by atoms with Crippen LogP contribution in [0.2, 0.25) is 0 Å². The molecule has 0 atom stereocenters. The molecule has 0 radical (unpaired) electrons.